The predicted molar refractivity (Wildman–Crippen MR) is 58.8 cm³/mol. The van der Waals surface area contributed by atoms with E-state index in [1.807, 2.05) is 0 Å². The smallest absolute Gasteiger partial charge is 0.345 e. The topological polar surface area (TPSA) is 69.4 Å². The molecule has 0 saturated heterocycles. The van der Waals surface area contributed by atoms with Crippen molar-refractivity contribution in [2.24, 2.45) is 0 Å². The third-order valence-corrected chi connectivity index (χ3v) is 2.46. The second kappa shape index (κ2) is 4.94. The van der Waals surface area contributed by atoms with Gasteiger partial charge in [0.15, 0.2) is 0 Å². The van der Waals surface area contributed by atoms with Crippen LogP contribution in [0.2, 0.25) is 5.02 Å². The first kappa shape index (κ1) is 12.4. The Morgan fingerprint density at radius 2 is 2.19 bits per heavy atom. The minimum Gasteiger partial charge on any atom is -0.462 e. The summed E-state index contributed by atoms with van der Waals surface area (Å²) in [5.74, 6) is -0.728. The standard InChI is InChI=1S/C10H10ClNO4/c1-3-16-10(13)9-6(2)7(11)4-5-8(9)12(14)15/h4-5H,3H2,1-2H3. The molecule has 0 spiro atoms. The minimum absolute atomic E-state index is 0.0839. The summed E-state index contributed by atoms with van der Waals surface area (Å²) in [5, 5.41) is 11.0. The molecule has 0 fully saturated rings. The molecular weight excluding hydrogens is 234 g/mol. The van der Waals surface area contributed by atoms with E-state index < -0.39 is 10.9 Å². The van der Waals surface area contributed by atoms with E-state index in [2.05, 4.69) is 0 Å². The number of ether oxygens (including phenoxy) is 1. The average Bonchev–Trinajstić information content (AvgIpc) is 2.21. The molecule has 6 heteroatoms. The third-order valence-electron chi connectivity index (χ3n) is 2.05. The molecule has 1 rings (SSSR count). The van der Waals surface area contributed by atoms with Gasteiger partial charge in [0.25, 0.3) is 5.69 Å². The van der Waals surface area contributed by atoms with Crippen molar-refractivity contribution in [2.75, 3.05) is 6.61 Å². The van der Waals surface area contributed by atoms with Crippen LogP contribution in [0.15, 0.2) is 12.1 Å². The van der Waals surface area contributed by atoms with E-state index in [0.717, 1.165) is 0 Å². The van der Waals surface area contributed by atoms with Crippen molar-refractivity contribution in [2.45, 2.75) is 13.8 Å². The third kappa shape index (κ3) is 2.30. The summed E-state index contributed by atoms with van der Waals surface area (Å²) in [4.78, 5) is 21.7. The number of nitro groups is 1. The van der Waals surface area contributed by atoms with E-state index in [4.69, 9.17) is 16.3 Å². The van der Waals surface area contributed by atoms with E-state index >= 15 is 0 Å². The van der Waals surface area contributed by atoms with Gasteiger partial charge in [-0.15, -0.1) is 0 Å². The van der Waals surface area contributed by atoms with Crippen LogP contribution in [0.4, 0.5) is 5.69 Å². The number of hydrogen-bond acceptors (Lipinski definition) is 4. The Morgan fingerprint density at radius 3 is 2.69 bits per heavy atom. The molecular formula is C10H10ClNO4. The van der Waals surface area contributed by atoms with Gasteiger partial charge in [-0.3, -0.25) is 10.1 Å². The number of halogens is 1. The molecule has 16 heavy (non-hydrogen) atoms. The zero-order chi connectivity index (χ0) is 12.3. The van der Waals surface area contributed by atoms with Crippen LogP contribution >= 0.6 is 11.6 Å². The number of rotatable bonds is 3. The van der Waals surface area contributed by atoms with Crippen LogP contribution in [0.1, 0.15) is 22.8 Å². The van der Waals surface area contributed by atoms with Gasteiger partial charge in [0.2, 0.25) is 0 Å². The number of carbonyl (C=O) groups is 1. The van der Waals surface area contributed by atoms with Gasteiger partial charge in [0.05, 0.1) is 11.5 Å². The summed E-state index contributed by atoms with van der Waals surface area (Å²) < 4.78 is 4.75. The van der Waals surface area contributed by atoms with Crippen LogP contribution in [-0.4, -0.2) is 17.5 Å². The fraction of sp³-hybridized carbons (Fsp3) is 0.300. The Kier molecular flexibility index (Phi) is 3.84. The zero-order valence-corrected chi connectivity index (χ0v) is 9.58. The van der Waals surface area contributed by atoms with Crippen molar-refractivity contribution < 1.29 is 14.5 Å². The molecule has 0 atom stereocenters. The van der Waals surface area contributed by atoms with Crippen LogP contribution < -0.4 is 0 Å². The van der Waals surface area contributed by atoms with Crippen molar-refractivity contribution in [3.05, 3.63) is 38.4 Å². The van der Waals surface area contributed by atoms with Gasteiger partial charge >= 0.3 is 5.97 Å². The summed E-state index contributed by atoms with van der Waals surface area (Å²) in [5.41, 5.74) is -0.0194. The first-order chi connectivity index (χ1) is 7.49. The molecule has 0 N–H and O–H groups in total. The molecule has 5 nitrogen and oxygen atoms in total. The van der Waals surface area contributed by atoms with Crippen LogP contribution in [0.3, 0.4) is 0 Å². The molecule has 0 radical (unpaired) electrons. The maximum atomic E-state index is 11.6. The highest BCUT2D eigenvalue weighted by Gasteiger charge is 2.24. The van der Waals surface area contributed by atoms with Crippen LogP contribution in [-0.2, 0) is 4.74 Å². The lowest BCUT2D eigenvalue weighted by atomic mass is 10.1. The number of hydrogen-bond donors (Lipinski definition) is 0. The second-order valence-electron chi connectivity index (χ2n) is 3.04. The number of carbonyl (C=O) groups excluding carboxylic acids is 1. The molecule has 1 aromatic carbocycles. The average molecular weight is 244 g/mol. The Morgan fingerprint density at radius 1 is 1.56 bits per heavy atom. The first-order valence-electron chi connectivity index (χ1n) is 4.59. The van der Waals surface area contributed by atoms with Gasteiger partial charge in [-0.05, 0) is 25.5 Å². The molecule has 0 aliphatic heterocycles. The highest BCUT2D eigenvalue weighted by molar-refractivity contribution is 6.32. The van der Waals surface area contributed by atoms with Gasteiger partial charge < -0.3 is 4.74 Å². The molecule has 0 heterocycles. The minimum atomic E-state index is -0.728. The highest BCUT2D eigenvalue weighted by atomic mass is 35.5. The predicted octanol–water partition coefficient (Wildman–Crippen LogP) is 2.73. The Hall–Kier alpha value is -1.62. The van der Waals surface area contributed by atoms with E-state index in [9.17, 15) is 14.9 Å². The molecule has 0 aromatic heterocycles. The number of nitro benzene ring substituents is 1. The number of benzene rings is 1. The van der Waals surface area contributed by atoms with Crippen LogP contribution in [0.5, 0.6) is 0 Å². The van der Waals surface area contributed by atoms with Gasteiger partial charge in [-0.1, -0.05) is 11.6 Å². The zero-order valence-electron chi connectivity index (χ0n) is 8.82. The van der Waals surface area contributed by atoms with Gasteiger partial charge in [-0.25, -0.2) is 4.79 Å². The summed E-state index contributed by atoms with van der Waals surface area (Å²) >= 11 is 5.80. The quantitative estimate of drug-likeness (QED) is 0.465. The molecule has 86 valence electrons. The highest BCUT2D eigenvalue weighted by Crippen LogP contribution is 2.28. The van der Waals surface area contributed by atoms with E-state index in [1.54, 1.807) is 13.8 Å². The molecule has 0 bridgehead atoms. The monoisotopic (exact) mass is 243 g/mol. The van der Waals surface area contributed by atoms with Crippen LogP contribution in [0, 0.1) is 17.0 Å². The maximum absolute atomic E-state index is 11.6. The van der Waals surface area contributed by atoms with E-state index in [0.29, 0.717) is 10.6 Å². The summed E-state index contributed by atoms with van der Waals surface area (Å²) in [6.45, 7) is 3.33. The first-order valence-corrected chi connectivity index (χ1v) is 4.97. The van der Waals surface area contributed by atoms with E-state index in [-0.39, 0.29) is 17.9 Å². The van der Waals surface area contributed by atoms with Gasteiger partial charge in [0.1, 0.15) is 5.56 Å². The molecule has 0 saturated carbocycles. The Balaban J connectivity index is 3.37. The van der Waals surface area contributed by atoms with E-state index in [1.165, 1.54) is 12.1 Å². The molecule has 0 aliphatic carbocycles. The lowest BCUT2D eigenvalue weighted by Crippen LogP contribution is -2.10. The normalized spacial score (nSPS) is 9.94. The van der Waals surface area contributed by atoms with Crippen LogP contribution in [0.25, 0.3) is 0 Å². The molecule has 0 amide bonds. The summed E-state index contributed by atoms with van der Waals surface area (Å²) in [6.07, 6.45) is 0. The Labute approximate surface area is 97.1 Å². The van der Waals surface area contributed by atoms with Gasteiger partial charge in [-0.2, -0.15) is 0 Å². The van der Waals surface area contributed by atoms with Crippen molar-refractivity contribution in [1.29, 1.82) is 0 Å². The molecule has 0 unspecified atom stereocenters. The maximum Gasteiger partial charge on any atom is 0.345 e. The Bertz CT molecular complexity index is 445. The second-order valence-corrected chi connectivity index (χ2v) is 3.45. The van der Waals surface area contributed by atoms with Crippen molar-refractivity contribution in [3.8, 4) is 0 Å². The lowest BCUT2D eigenvalue weighted by molar-refractivity contribution is -0.385. The fourth-order valence-corrected chi connectivity index (χ4v) is 1.44. The van der Waals surface area contributed by atoms with Crippen molar-refractivity contribution >= 4 is 23.3 Å². The molecule has 1 aromatic rings. The van der Waals surface area contributed by atoms with Gasteiger partial charge in [0, 0.05) is 11.1 Å². The van der Waals surface area contributed by atoms with Crippen molar-refractivity contribution in [1.82, 2.24) is 0 Å². The largest absolute Gasteiger partial charge is 0.462 e. The van der Waals surface area contributed by atoms with Crippen molar-refractivity contribution in [3.63, 3.8) is 0 Å². The lowest BCUT2D eigenvalue weighted by Gasteiger charge is -2.07. The molecule has 0 aliphatic rings. The fourth-order valence-electron chi connectivity index (χ4n) is 1.29. The summed E-state index contributed by atoms with van der Waals surface area (Å²) in [6, 6.07) is 2.58. The SMILES string of the molecule is CCOC(=O)c1c([N+](=O)[O-])ccc(Cl)c1C. The number of esters is 1. The summed E-state index contributed by atoms with van der Waals surface area (Å²) in [7, 11) is 0. The number of nitrogens with zero attached hydrogens (tertiary/aromatic N) is 1.